The standard InChI is InChI=1S/C39H30N6O3/c46-34-31(37-40-22-13-1-7-19-8-2-14-23(41-37)28(19)22)35(47)33(39-44-26-17-5-11-21-12-6-18-27(45-39)30(21)26)36(48)32(34)38-42-24-15-3-9-20-10-4-16-25(43-38)29(20)24/h1-18,37-48H. The molecule has 0 bridgehead atoms. The summed E-state index contributed by atoms with van der Waals surface area (Å²) in [5.41, 5.74) is 5.84. The third-order valence-electron chi connectivity index (χ3n) is 9.91. The van der Waals surface area contributed by atoms with Gasteiger partial charge in [0.1, 0.15) is 35.7 Å². The molecule has 3 aliphatic heterocycles. The van der Waals surface area contributed by atoms with E-state index in [1.165, 1.54) is 0 Å². The molecule has 0 saturated carbocycles. The van der Waals surface area contributed by atoms with E-state index in [0.717, 1.165) is 66.4 Å². The molecule has 9 nitrogen and oxygen atoms in total. The number of hydrogen-bond acceptors (Lipinski definition) is 9. The summed E-state index contributed by atoms with van der Waals surface area (Å²) in [5, 5.41) is 64.0. The van der Waals surface area contributed by atoms with Gasteiger partial charge in [-0.3, -0.25) is 0 Å². The average Bonchev–Trinajstić information content (AvgIpc) is 3.09. The highest BCUT2D eigenvalue weighted by Crippen LogP contribution is 2.54. The molecule has 48 heavy (non-hydrogen) atoms. The first-order valence-electron chi connectivity index (χ1n) is 16.0. The van der Waals surface area contributed by atoms with Crippen LogP contribution in [0.5, 0.6) is 17.2 Å². The van der Waals surface area contributed by atoms with E-state index in [0.29, 0.717) is 0 Å². The fraction of sp³-hybridized carbons (Fsp3) is 0.0769. The molecular formula is C39H30N6O3. The monoisotopic (exact) mass is 630 g/mol. The maximum atomic E-state index is 12.2. The highest BCUT2D eigenvalue weighted by molar-refractivity contribution is 6.07. The Balaban J connectivity index is 1.16. The van der Waals surface area contributed by atoms with Gasteiger partial charge < -0.3 is 47.2 Å². The van der Waals surface area contributed by atoms with Gasteiger partial charge in [0, 0.05) is 50.3 Å². The molecular weight excluding hydrogens is 600 g/mol. The first kappa shape index (κ1) is 26.7. The smallest absolute Gasteiger partial charge is 0.137 e. The largest absolute Gasteiger partial charge is 0.507 e. The fourth-order valence-corrected chi connectivity index (χ4v) is 7.81. The predicted molar refractivity (Wildman–Crippen MR) is 193 cm³/mol. The molecule has 0 fully saturated rings. The normalized spacial score (nSPS) is 15.2. The minimum Gasteiger partial charge on any atom is -0.507 e. The Morgan fingerprint density at radius 1 is 0.312 bits per heavy atom. The van der Waals surface area contributed by atoms with Crippen molar-refractivity contribution in [3.05, 3.63) is 126 Å². The number of benzene rings is 7. The van der Waals surface area contributed by atoms with Crippen LogP contribution in [0.15, 0.2) is 109 Å². The molecule has 0 amide bonds. The molecule has 9 heteroatoms. The second-order valence-electron chi connectivity index (χ2n) is 12.6. The Morgan fingerprint density at radius 3 is 0.729 bits per heavy atom. The van der Waals surface area contributed by atoms with Crippen LogP contribution < -0.4 is 31.9 Å². The van der Waals surface area contributed by atoms with Gasteiger partial charge in [0.2, 0.25) is 0 Å². The number of rotatable bonds is 3. The van der Waals surface area contributed by atoms with E-state index < -0.39 is 18.5 Å². The van der Waals surface area contributed by atoms with Crippen molar-refractivity contribution < 1.29 is 15.3 Å². The van der Waals surface area contributed by atoms with Crippen molar-refractivity contribution in [1.82, 2.24) is 0 Å². The van der Waals surface area contributed by atoms with E-state index in [9.17, 15) is 15.3 Å². The number of hydrogen-bond donors (Lipinski definition) is 9. The maximum Gasteiger partial charge on any atom is 0.137 e. The van der Waals surface area contributed by atoms with Crippen molar-refractivity contribution in [3.63, 3.8) is 0 Å². The highest BCUT2D eigenvalue weighted by Gasteiger charge is 2.38. The zero-order chi connectivity index (χ0) is 32.1. The molecule has 9 N–H and O–H groups in total. The highest BCUT2D eigenvalue weighted by atomic mass is 16.3. The Bertz CT molecular complexity index is 2080. The summed E-state index contributed by atoms with van der Waals surface area (Å²) in [7, 11) is 0. The maximum absolute atomic E-state index is 12.2. The van der Waals surface area contributed by atoms with Gasteiger partial charge in [-0.2, -0.15) is 0 Å². The molecule has 0 saturated heterocycles. The Morgan fingerprint density at radius 2 is 0.521 bits per heavy atom. The van der Waals surface area contributed by atoms with Crippen molar-refractivity contribution in [3.8, 4) is 17.2 Å². The second-order valence-corrected chi connectivity index (χ2v) is 12.6. The lowest BCUT2D eigenvalue weighted by Crippen LogP contribution is -2.29. The van der Waals surface area contributed by atoms with E-state index in [1.54, 1.807) is 0 Å². The summed E-state index contributed by atoms with van der Waals surface area (Å²) in [6, 6.07) is 36.1. The van der Waals surface area contributed by atoms with Crippen LogP contribution >= 0.6 is 0 Å². The van der Waals surface area contributed by atoms with E-state index in [4.69, 9.17) is 0 Å². The van der Waals surface area contributed by atoms with Crippen LogP contribution in [0.1, 0.15) is 35.2 Å². The first-order valence-corrected chi connectivity index (χ1v) is 16.0. The van der Waals surface area contributed by atoms with Gasteiger partial charge >= 0.3 is 0 Å². The molecule has 0 aliphatic carbocycles. The van der Waals surface area contributed by atoms with Crippen LogP contribution in [-0.4, -0.2) is 15.3 Å². The minimum absolute atomic E-state index is 0.214. The molecule has 10 rings (SSSR count). The third-order valence-corrected chi connectivity index (χ3v) is 9.91. The number of phenols is 3. The van der Waals surface area contributed by atoms with Crippen molar-refractivity contribution in [2.45, 2.75) is 18.5 Å². The van der Waals surface area contributed by atoms with Gasteiger partial charge in [-0.1, -0.05) is 72.8 Å². The van der Waals surface area contributed by atoms with Crippen LogP contribution in [0.2, 0.25) is 0 Å². The number of phenolic OH excluding ortho intramolecular Hbond substituents is 3. The van der Waals surface area contributed by atoms with Crippen LogP contribution in [0, 0.1) is 0 Å². The predicted octanol–water partition coefficient (Wildman–Crippen LogP) is 8.87. The zero-order valence-electron chi connectivity index (χ0n) is 25.5. The summed E-state index contributed by atoms with van der Waals surface area (Å²) in [6.07, 6.45) is -2.20. The summed E-state index contributed by atoms with van der Waals surface area (Å²) in [6.45, 7) is 0. The van der Waals surface area contributed by atoms with Crippen molar-refractivity contribution in [2.75, 3.05) is 31.9 Å². The van der Waals surface area contributed by atoms with E-state index in [-0.39, 0.29) is 33.9 Å². The van der Waals surface area contributed by atoms with Crippen LogP contribution in [0.3, 0.4) is 0 Å². The lowest BCUT2D eigenvalue weighted by Gasteiger charge is -2.36. The van der Waals surface area contributed by atoms with Gasteiger partial charge in [0.05, 0.1) is 16.7 Å². The van der Waals surface area contributed by atoms with E-state index in [1.807, 2.05) is 72.8 Å². The summed E-state index contributed by atoms with van der Waals surface area (Å²) < 4.78 is 0. The minimum atomic E-state index is -0.734. The topological polar surface area (TPSA) is 133 Å². The third kappa shape index (κ3) is 3.72. The van der Waals surface area contributed by atoms with Crippen molar-refractivity contribution >= 4 is 66.4 Å². The van der Waals surface area contributed by atoms with Gasteiger partial charge in [0.15, 0.2) is 0 Å². The van der Waals surface area contributed by atoms with Gasteiger partial charge in [-0.25, -0.2) is 0 Å². The van der Waals surface area contributed by atoms with Crippen molar-refractivity contribution in [1.29, 1.82) is 0 Å². The van der Waals surface area contributed by atoms with Crippen molar-refractivity contribution in [2.24, 2.45) is 0 Å². The quantitative estimate of drug-likeness (QED) is 0.0939. The van der Waals surface area contributed by atoms with Crippen LogP contribution in [0.4, 0.5) is 34.1 Å². The second kappa shape index (κ2) is 9.76. The van der Waals surface area contributed by atoms with Gasteiger partial charge in [-0.05, 0) is 52.6 Å². The van der Waals surface area contributed by atoms with E-state index >= 15 is 0 Å². The average molecular weight is 631 g/mol. The number of aromatic hydroxyl groups is 3. The molecule has 7 aromatic rings. The summed E-state index contributed by atoms with van der Waals surface area (Å²) in [4.78, 5) is 0. The summed E-state index contributed by atoms with van der Waals surface area (Å²) >= 11 is 0. The summed E-state index contributed by atoms with van der Waals surface area (Å²) in [5.74, 6) is -0.708. The molecule has 3 aliphatic rings. The molecule has 7 aromatic carbocycles. The molecule has 3 heterocycles. The van der Waals surface area contributed by atoms with Crippen LogP contribution in [-0.2, 0) is 0 Å². The lowest BCUT2D eigenvalue weighted by molar-refractivity contribution is 0.395. The number of anilines is 6. The molecule has 0 unspecified atom stereocenters. The van der Waals surface area contributed by atoms with Gasteiger partial charge in [0.25, 0.3) is 0 Å². The Hall–Kier alpha value is -6.48. The molecule has 0 spiro atoms. The van der Waals surface area contributed by atoms with Crippen LogP contribution in [0.25, 0.3) is 32.3 Å². The molecule has 0 radical (unpaired) electrons. The lowest BCUT2D eigenvalue weighted by atomic mass is 9.91. The first-order chi connectivity index (χ1) is 23.5. The molecule has 0 atom stereocenters. The van der Waals surface area contributed by atoms with E-state index in [2.05, 4.69) is 68.3 Å². The number of nitrogens with one attached hydrogen (secondary N) is 6. The fourth-order valence-electron chi connectivity index (χ4n) is 7.81. The molecule has 234 valence electrons. The zero-order valence-corrected chi connectivity index (χ0v) is 25.5. The molecule has 0 aromatic heterocycles. The Kier molecular flexibility index (Phi) is 5.43. The van der Waals surface area contributed by atoms with Gasteiger partial charge in [-0.15, -0.1) is 0 Å². The Labute approximate surface area is 274 Å². The SMILES string of the molecule is Oc1c(C2Nc3cccc4cccc(c34)N2)c(O)c(C2Nc3cccc4cccc(c34)N2)c(O)c1C1Nc2cccc3cccc(c23)N1.